The van der Waals surface area contributed by atoms with Crippen molar-refractivity contribution >= 4 is 5.96 Å². The minimum atomic E-state index is -0.515. The predicted octanol–water partition coefficient (Wildman–Crippen LogP) is -1.01. The van der Waals surface area contributed by atoms with Crippen molar-refractivity contribution in [2.45, 2.75) is 12.1 Å². The molecule has 4 N–H and O–H groups in total. The number of hydrogen-bond donors (Lipinski definition) is 3. The number of aliphatic hydroxyl groups is 1. The zero-order valence-corrected chi connectivity index (χ0v) is 7.67. The Kier molecular flexibility index (Phi) is 2.12. The van der Waals surface area contributed by atoms with E-state index in [4.69, 9.17) is 11.1 Å². The van der Waals surface area contributed by atoms with E-state index in [-0.39, 0.29) is 12.0 Å². The third-order valence-electron chi connectivity index (χ3n) is 2.46. The highest BCUT2D eigenvalue weighted by molar-refractivity contribution is 5.75. The zero-order valence-electron chi connectivity index (χ0n) is 7.67. The molecule has 2 atom stereocenters. The van der Waals surface area contributed by atoms with Crippen LogP contribution in [0.2, 0.25) is 0 Å². The van der Waals surface area contributed by atoms with E-state index in [9.17, 15) is 5.11 Å². The summed E-state index contributed by atoms with van der Waals surface area (Å²) in [6, 6.07) is 1.71. The van der Waals surface area contributed by atoms with Gasteiger partial charge in [-0.15, -0.1) is 0 Å². The van der Waals surface area contributed by atoms with Gasteiger partial charge in [0.15, 0.2) is 5.96 Å². The van der Waals surface area contributed by atoms with Crippen LogP contribution in [-0.4, -0.2) is 44.9 Å². The number of nitrogens with one attached hydrogen (secondary N) is 1. The molecule has 1 aliphatic heterocycles. The van der Waals surface area contributed by atoms with Crippen LogP contribution >= 0.6 is 0 Å². The summed E-state index contributed by atoms with van der Waals surface area (Å²) < 4.78 is 1.70. The maximum absolute atomic E-state index is 9.73. The largest absolute Gasteiger partial charge is 0.389 e. The molecule has 1 saturated heterocycles. The molecule has 0 unspecified atom stereocenters. The third kappa shape index (κ3) is 1.44. The van der Waals surface area contributed by atoms with E-state index in [0.29, 0.717) is 13.1 Å². The van der Waals surface area contributed by atoms with Crippen LogP contribution in [0.15, 0.2) is 18.5 Å². The second kappa shape index (κ2) is 3.30. The molecule has 0 aliphatic carbocycles. The molecule has 1 aromatic rings. The lowest BCUT2D eigenvalue weighted by molar-refractivity contribution is 0.142. The Balaban J connectivity index is 2.12. The molecule has 6 nitrogen and oxygen atoms in total. The molecule has 0 spiro atoms. The number of β-amino-alcohol motifs (C(OH)–C–C–N with tert-alkyl or cyclic N) is 1. The van der Waals surface area contributed by atoms with Gasteiger partial charge in [0.05, 0.1) is 12.1 Å². The molecular weight excluding hydrogens is 182 g/mol. The van der Waals surface area contributed by atoms with E-state index in [1.165, 1.54) is 0 Å². The fraction of sp³-hybridized carbons (Fsp3) is 0.500. The average Bonchev–Trinajstić information content (AvgIpc) is 2.71. The first-order chi connectivity index (χ1) is 6.68. The normalized spacial score (nSPS) is 26.8. The van der Waals surface area contributed by atoms with Crippen LogP contribution in [0.3, 0.4) is 0 Å². The predicted molar refractivity (Wildman–Crippen MR) is 50.8 cm³/mol. The summed E-state index contributed by atoms with van der Waals surface area (Å²) in [7, 11) is 0. The molecule has 1 fully saturated rings. The lowest BCUT2D eigenvalue weighted by atomic mass is 10.2. The molecule has 0 saturated carbocycles. The lowest BCUT2D eigenvalue weighted by Gasteiger charge is -2.15. The van der Waals surface area contributed by atoms with Gasteiger partial charge in [0.1, 0.15) is 0 Å². The van der Waals surface area contributed by atoms with Crippen molar-refractivity contribution in [1.82, 2.24) is 14.7 Å². The van der Waals surface area contributed by atoms with Crippen molar-refractivity contribution in [3.8, 4) is 0 Å². The summed E-state index contributed by atoms with van der Waals surface area (Å²) in [6.45, 7) is 0.943. The standard InChI is InChI=1S/C8H13N5O/c9-8(10)12-4-6(7(14)5-12)13-3-1-2-11-13/h1-3,6-7,14H,4-5H2,(H3,9,10)/t6-,7+/m1/s1. The number of likely N-dealkylation sites (tertiary alicyclic amines) is 1. The van der Waals surface area contributed by atoms with Gasteiger partial charge in [-0.05, 0) is 6.07 Å². The first-order valence-electron chi connectivity index (χ1n) is 4.44. The highest BCUT2D eigenvalue weighted by atomic mass is 16.3. The average molecular weight is 195 g/mol. The van der Waals surface area contributed by atoms with Crippen molar-refractivity contribution in [2.75, 3.05) is 13.1 Å². The van der Waals surface area contributed by atoms with Crippen LogP contribution < -0.4 is 5.73 Å². The molecule has 1 aliphatic rings. The van der Waals surface area contributed by atoms with E-state index in [1.807, 2.05) is 6.07 Å². The van der Waals surface area contributed by atoms with Crippen LogP contribution in [-0.2, 0) is 0 Å². The molecule has 14 heavy (non-hydrogen) atoms. The van der Waals surface area contributed by atoms with Crippen molar-refractivity contribution < 1.29 is 5.11 Å². The van der Waals surface area contributed by atoms with Crippen LogP contribution in [0.25, 0.3) is 0 Å². The molecule has 0 radical (unpaired) electrons. The molecule has 6 heteroatoms. The second-order valence-corrected chi connectivity index (χ2v) is 3.41. The van der Waals surface area contributed by atoms with Crippen LogP contribution in [0.5, 0.6) is 0 Å². The Morgan fingerprint density at radius 3 is 2.86 bits per heavy atom. The highest BCUT2D eigenvalue weighted by Crippen LogP contribution is 2.20. The topological polar surface area (TPSA) is 91.2 Å². The Bertz CT molecular complexity index is 322. The summed E-state index contributed by atoms with van der Waals surface area (Å²) in [5, 5.41) is 21.0. The number of hydrogen-bond acceptors (Lipinski definition) is 3. The fourth-order valence-corrected chi connectivity index (χ4v) is 1.70. The zero-order chi connectivity index (χ0) is 10.1. The van der Waals surface area contributed by atoms with E-state index in [1.54, 1.807) is 22.0 Å². The Hall–Kier alpha value is -1.56. The molecule has 2 heterocycles. The number of guanidine groups is 1. The quantitative estimate of drug-likeness (QED) is 0.395. The van der Waals surface area contributed by atoms with Crippen LogP contribution in [0, 0.1) is 5.41 Å². The van der Waals surface area contributed by atoms with Gasteiger partial charge in [-0.1, -0.05) is 0 Å². The molecule has 76 valence electrons. The van der Waals surface area contributed by atoms with Gasteiger partial charge in [-0.2, -0.15) is 5.10 Å². The molecular formula is C8H13N5O. The Morgan fingerprint density at radius 2 is 2.36 bits per heavy atom. The molecule has 1 aromatic heterocycles. The number of aromatic nitrogens is 2. The van der Waals surface area contributed by atoms with Gasteiger partial charge in [0, 0.05) is 25.5 Å². The molecule has 0 amide bonds. The lowest BCUT2D eigenvalue weighted by Crippen LogP contribution is -2.35. The van der Waals surface area contributed by atoms with Gasteiger partial charge in [-0.25, -0.2) is 0 Å². The Labute approximate surface area is 81.4 Å². The minimum absolute atomic E-state index is 0.00120. The first-order valence-corrected chi connectivity index (χ1v) is 4.44. The summed E-state index contributed by atoms with van der Waals surface area (Å²) in [6.07, 6.45) is 2.96. The smallest absolute Gasteiger partial charge is 0.188 e. The third-order valence-corrected chi connectivity index (χ3v) is 2.46. The maximum Gasteiger partial charge on any atom is 0.188 e. The first kappa shape index (κ1) is 9.01. The Morgan fingerprint density at radius 1 is 1.57 bits per heavy atom. The summed E-state index contributed by atoms with van der Waals surface area (Å²) in [4.78, 5) is 1.64. The maximum atomic E-state index is 9.73. The number of aliphatic hydroxyl groups excluding tert-OH is 1. The van der Waals surface area contributed by atoms with Crippen molar-refractivity contribution in [3.63, 3.8) is 0 Å². The number of rotatable bonds is 1. The van der Waals surface area contributed by atoms with Crippen LogP contribution in [0.4, 0.5) is 0 Å². The van der Waals surface area contributed by atoms with Crippen molar-refractivity contribution in [1.29, 1.82) is 5.41 Å². The summed E-state index contributed by atoms with van der Waals surface area (Å²) in [5.41, 5.74) is 5.34. The number of nitrogens with two attached hydrogens (primary N) is 1. The monoisotopic (exact) mass is 195 g/mol. The van der Waals surface area contributed by atoms with Crippen LogP contribution in [0.1, 0.15) is 6.04 Å². The van der Waals surface area contributed by atoms with E-state index in [0.717, 1.165) is 0 Å². The molecule has 0 bridgehead atoms. The fourth-order valence-electron chi connectivity index (χ4n) is 1.70. The highest BCUT2D eigenvalue weighted by Gasteiger charge is 2.33. The minimum Gasteiger partial charge on any atom is -0.389 e. The summed E-state index contributed by atoms with van der Waals surface area (Å²) >= 11 is 0. The van der Waals surface area contributed by atoms with Crippen molar-refractivity contribution in [3.05, 3.63) is 18.5 Å². The summed E-state index contributed by atoms with van der Waals surface area (Å²) in [5.74, 6) is -0.00120. The van der Waals surface area contributed by atoms with Gasteiger partial charge >= 0.3 is 0 Å². The van der Waals surface area contributed by atoms with E-state index < -0.39 is 6.10 Å². The SMILES string of the molecule is N=C(N)N1C[C@@H](n2cccn2)[C@@H](O)C1. The van der Waals surface area contributed by atoms with E-state index in [2.05, 4.69) is 5.10 Å². The molecule has 0 aromatic carbocycles. The van der Waals surface area contributed by atoms with Gasteiger partial charge in [0.25, 0.3) is 0 Å². The van der Waals surface area contributed by atoms with Gasteiger partial charge in [-0.3, -0.25) is 10.1 Å². The van der Waals surface area contributed by atoms with Gasteiger partial charge in [0.2, 0.25) is 0 Å². The van der Waals surface area contributed by atoms with Crippen molar-refractivity contribution in [2.24, 2.45) is 5.73 Å². The second-order valence-electron chi connectivity index (χ2n) is 3.41. The molecule has 2 rings (SSSR count). The number of nitrogens with zero attached hydrogens (tertiary/aromatic N) is 3. The van der Waals surface area contributed by atoms with E-state index >= 15 is 0 Å². The van der Waals surface area contributed by atoms with Gasteiger partial charge < -0.3 is 15.7 Å².